The second-order valence-corrected chi connectivity index (χ2v) is 3.86. The first kappa shape index (κ1) is 12.2. The van der Waals surface area contributed by atoms with Crippen molar-refractivity contribution >= 4 is 0 Å². The van der Waals surface area contributed by atoms with E-state index in [-0.39, 0.29) is 0 Å². The highest BCUT2D eigenvalue weighted by Crippen LogP contribution is 2.12. The van der Waals surface area contributed by atoms with Crippen LogP contribution in [0, 0.1) is 0 Å². The van der Waals surface area contributed by atoms with Gasteiger partial charge in [-0.3, -0.25) is 0 Å². The van der Waals surface area contributed by atoms with E-state index in [1.165, 1.54) is 5.56 Å². The summed E-state index contributed by atoms with van der Waals surface area (Å²) in [5.74, 6) is 0.578. The van der Waals surface area contributed by atoms with E-state index in [9.17, 15) is 0 Å². The van der Waals surface area contributed by atoms with Gasteiger partial charge in [0, 0.05) is 20.3 Å². The highest BCUT2D eigenvalue weighted by molar-refractivity contribution is 5.18. The predicted molar refractivity (Wildman–Crippen MR) is 64.2 cm³/mol. The van der Waals surface area contributed by atoms with Crippen LogP contribution in [-0.2, 0) is 4.74 Å². The molecule has 1 unspecified atom stereocenters. The molecule has 0 bridgehead atoms. The van der Waals surface area contributed by atoms with E-state index in [0.717, 1.165) is 26.1 Å². The molecule has 1 atom stereocenters. The molecule has 1 N–H and O–H groups in total. The summed E-state index contributed by atoms with van der Waals surface area (Å²) in [5, 5.41) is 3.44. The van der Waals surface area contributed by atoms with Crippen molar-refractivity contribution in [1.82, 2.24) is 5.32 Å². The summed E-state index contributed by atoms with van der Waals surface area (Å²) in [6.45, 7) is 5.16. The minimum absolute atomic E-state index is 0.578. The van der Waals surface area contributed by atoms with Crippen LogP contribution in [0.2, 0.25) is 0 Å². The van der Waals surface area contributed by atoms with Gasteiger partial charge in [-0.1, -0.05) is 37.3 Å². The van der Waals surface area contributed by atoms with E-state index in [2.05, 4.69) is 42.6 Å². The molecule has 0 saturated carbocycles. The van der Waals surface area contributed by atoms with Crippen LogP contribution in [0.1, 0.15) is 24.8 Å². The maximum atomic E-state index is 4.99. The van der Waals surface area contributed by atoms with Crippen LogP contribution < -0.4 is 5.32 Å². The number of methoxy groups -OCH3 is 1. The average Bonchev–Trinajstić information content (AvgIpc) is 2.30. The Balaban J connectivity index is 2.16. The van der Waals surface area contributed by atoms with Gasteiger partial charge in [0.05, 0.1) is 0 Å². The smallest absolute Gasteiger partial charge is 0.0474 e. The zero-order valence-corrected chi connectivity index (χ0v) is 9.70. The molecular formula is C13H21NO. The molecule has 84 valence electrons. The lowest BCUT2D eigenvalue weighted by atomic mass is 10.0. The normalized spacial score (nSPS) is 12.7. The van der Waals surface area contributed by atoms with Crippen molar-refractivity contribution < 1.29 is 4.74 Å². The summed E-state index contributed by atoms with van der Waals surface area (Å²) < 4.78 is 4.99. The standard InChI is InChI=1S/C13H21NO/c1-12(11-14-9-6-10-15-2)13-7-4-3-5-8-13/h3-5,7-8,12,14H,6,9-11H2,1-2H3. The van der Waals surface area contributed by atoms with Crippen LogP contribution in [0.15, 0.2) is 30.3 Å². The first-order valence-electron chi connectivity index (χ1n) is 5.59. The number of ether oxygens (including phenoxy) is 1. The monoisotopic (exact) mass is 207 g/mol. The Morgan fingerprint density at radius 2 is 2.00 bits per heavy atom. The molecule has 0 heterocycles. The summed E-state index contributed by atoms with van der Waals surface area (Å²) in [6, 6.07) is 10.6. The Kier molecular flexibility index (Phi) is 6.05. The van der Waals surface area contributed by atoms with Crippen LogP contribution >= 0.6 is 0 Å². The SMILES string of the molecule is COCCCNCC(C)c1ccccc1. The van der Waals surface area contributed by atoms with Crippen LogP contribution in [0.5, 0.6) is 0 Å². The molecule has 0 radical (unpaired) electrons. The number of benzene rings is 1. The van der Waals surface area contributed by atoms with E-state index in [0.29, 0.717) is 5.92 Å². The van der Waals surface area contributed by atoms with Crippen molar-refractivity contribution in [2.24, 2.45) is 0 Å². The minimum atomic E-state index is 0.578. The van der Waals surface area contributed by atoms with E-state index in [4.69, 9.17) is 4.74 Å². The summed E-state index contributed by atoms with van der Waals surface area (Å²) >= 11 is 0. The van der Waals surface area contributed by atoms with Gasteiger partial charge in [0.2, 0.25) is 0 Å². The molecule has 0 aliphatic heterocycles. The lowest BCUT2D eigenvalue weighted by Crippen LogP contribution is -2.22. The highest BCUT2D eigenvalue weighted by Gasteiger charge is 2.02. The van der Waals surface area contributed by atoms with Crippen LogP contribution in [-0.4, -0.2) is 26.8 Å². The Hall–Kier alpha value is -0.860. The molecule has 2 heteroatoms. The Morgan fingerprint density at radius 1 is 1.27 bits per heavy atom. The number of hydrogen-bond donors (Lipinski definition) is 1. The molecule has 0 aliphatic rings. The lowest BCUT2D eigenvalue weighted by molar-refractivity contribution is 0.194. The second kappa shape index (κ2) is 7.43. The van der Waals surface area contributed by atoms with Gasteiger partial charge in [-0.15, -0.1) is 0 Å². The van der Waals surface area contributed by atoms with Crippen LogP contribution in [0.4, 0.5) is 0 Å². The summed E-state index contributed by atoms with van der Waals surface area (Å²) in [7, 11) is 1.74. The quantitative estimate of drug-likeness (QED) is 0.693. The maximum absolute atomic E-state index is 4.99. The molecule has 0 amide bonds. The van der Waals surface area contributed by atoms with Gasteiger partial charge in [0.25, 0.3) is 0 Å². The van der Waals surface area contributed by atoms with Gasteiger partial charge < -0.3 is 10.1 Å². The van der Waals surface area contributed by atoms with Gasteiger partial charge in [-0.05, 0) is 24.4 Å². The van der Waals surface area contributed by atoms with E-state index < -0.39 is 0 Å². The minimum Gasteiger partial charge on any atom is -0.385 e. The topological polar surface area (TPSA) is 21.3 Å². The third kappa shape index (κ3) is 4.96. The lowest BCUT2D eigenvalue weighted by Gasteiger charge is -2.12. The molecule has 0 spiro atoms. The van der Waals surface area contributed by atoms with Crippen molar-refractivity contribution in [2.75, 3.05) is 26.8 Å². The number of hydrogen-bond acceptors (Lipinski definition) is 2. The van der Waals surface area contributed by atoms with Gasteiger partial charge >= 0.3 is 0 Å². The van der Waals surface area contributed by atoms with Crippen molar-refractivity contribution in [2.45, 2.75) is 19.3 Å². The molecule has 1 aromatic carbocycles. The van der Waals surface area contributed by atoms with Crippen LogP contribution in [0.3, 0.4) is 0 Å². The van der Waals surface area contributed by atoms with Crippen molar-refractivity contribution in [1.29, 1.82) is 0 Å². The summed E-state index contributed by atoms with van der Waals surface area (Å²) in [4.78, 5) is 0. The molecule has 2 nitrogen and oxygen atoms in total. The molecule has 0 saturated heterocycles. The van der Waals surface area contributed by atoms with Crippen molar-refractivity contribution in [3.8, 4) is 0 Å². The van der Waals surface area contributed by atoms with Crippen molar-refractivity contribution in [3.63, 3.8) is 0 Å². The van der Waals surface area contributed by atoms with E-state index in [1.54, 1.807) is 7.11 Å². The molecule has 0 aliphatic carbocycles. The largest absolute Gasteiger partial charge is 0.385 e. The summed E-state index contributed by atoms with van der Waals surface area (Å²) in [6.07, 6.45) is 1.08. The van der Waals surface area contributed by atoms with Gasteiger partial charge in [0.1, 0.15) is 0 Å². The first-order chi connectivity index (χ1) is 7.34. The molecule has 0 fully saturated rings. The first-order valence-corrected chi connectivity index (χ1v) is 5.59. The van der Waals surface area contributed by atoms with Gasteiger partial charge in [-0.2, -0.15) is 0 Å². The highest BCUT2D eigenvalue weighted by atomic mass is 16.5. The molecule has 1 aromatic rings. The van der Waals surface area contributed by atoms with E-state index >= 15 is 0 Å². The third-order valence-corrected chi connectivity index (χ3v) is 2.52. The molecule has 15 heavy (non-hydrogen) atoms. The fourth-order valence-corrected chi connectivity index (χ4v) is 1.56. The van der Waals surface area contributed by atoms with Crippen molar-refractivity contribution in [3.05, 3.63) is 35.9 Å². The molecular weight excluding hydrogens is 186 g/mol. The predicted octanol–water partition coefficient (Wildman–Crippen LogP) is 2.42. The Bertz CT molecular complexity index is 248. The Labute approximate surface area is 92.6 Å². The third-order valence-electron chi connectivity index (χ3n) is 2.52. The number of nitrogens with one attached hydrogen (secondary N) is 1. The fraction of sp³-hybridized carbons (Fsp3) is 0.538. The second-order valence-electron chi connectivity index (χ2n) is 3.86. The zero-order chi connectivity index (χ0) is 10.9. The zero-order valence-electron chi connectivity index (χ0n) is 9.70. The number of rotatable bonds is 7. The maximum Gasteiger partial charge on any atom is 0.0474 e. The molecule has 1 rings (SSSR count). The van der Waals surface area contributed by atoms with E-state index in [1.807, 2.05) is 0 Å². The fourth-order valence-electron chi connectivity index (χ4n) is 1.56. The summed E-state index contributed by atoms with van der Waals surface area (Å²) in [5.41, 5.74) is 1.40. The van der Waals surface area contributed by atoms with Gasteiger partial charge in [0.15, 0.2) is 0 Å². The molecule has 0 aromatic heterocycles. The average molecular weight is 207 g/mol. The Morgan fingerprint density at radius 3 is 2.67 bits per heavy atom. The van der Waals surface area contributed by atoms with Gasteiger partial charge in [-0.25, -0.2) is 0 Å². The van der Waals surface area contributed by atoms with Crippen LogP contribution in [0.25, 0.3) is 0 Å².